The lowest BCUT2D eigenvalue weighted by Crippen LogP contribution is -2.45. The monoisotopic (exact) mass is 339 g/mol. The smallest absolute Gasteiger partial charge is 0.0813 e. The zero-order chi connectivity index (χ0) is 16.2. The van der Waals surface area contributed by atoms with Crippen LogP contribution in [0.3, 0.4) is 0 Å². The van der Waals surface area contributed by atoms with E-state index >= 15 is 0 Å². The molecule has 1 unspecified atom stereocenters. The second kappa shape index (κ2) is 8.45. The third kappa shape index (κ3) is 4.31. The lowest BCUT2D eigenvalue weighted by Gasteiger charge is -2.36. The lowest BCUT2D eigenvalue weighted by molar-refractivity contribution is -0.105. The number of ether oxygens (including phenoxy) is 4. The maximum atomic E-state index is 6.37. The minimum atomic E-state index is 0.306. The Labute approximate surface area is 145 Å². The van der Waals surface area contributed by atoms with Crippen LogP contribution in [0, 0.1) is 11.8 Å². The highest BCUT2D eigenvalue weighted by Crippen LogP contribution is 2.33. The first kappa shape index (κ1) is 17.2. The van der Waals surface area contributed by atoms with Crippen molar-refractivity contribution < 1.29 is 18.9 Å². The van der Waals surface area contributed by atoms with E-state index in [2.05, 4.69) is 4.90 Å². The molecule has 0 aromatic heterocycles. The Kier molecular flexibility index (Phi) is 6.07. The van der Waals surface area contributed by atoms with Gasteiger partial charge < -0.3 is 18.9 Å². The van der Waals surface area contributed by atoms with Gasteiger partial charge in [0.15, 0.2) is 0 Å². The van der Waals surface area contributed by atoms with Crippen molar-refractivity contribution >= 4 is 0 Å². The summed E-state index contributed by atoms with van der Waals surface area (Å²) in [7, 11) is 0. The summed E-state index contributed by atoms with van der Waals surface area (Å²) < 4.78 is 23.3. The first-order chi connectivity index (χ1) is 11.9. The molecule has 0 spiro atoms. The molecular formula is C19H33NO4. The second-order valence-corrected chi connectivity index (χ2v) is 8.05. The van der Waals surface area contributed by atoms with Crippen LogP contribution in [0.4, 0.5) is 0 Å². The molecule has 0 N–H and O–H groups in total. The molecule has 0 radical (unpaired) electrons. The number of rotatable bonds is 6. The summed E-state index contributed by atoms with van der Waals surface area (Å²) in [5.74, 6) is 1.43. The number of nitrogens with zero attached hydrogens (tertiary/aromatic N) is 1. The van der Waals surface area contributed by atoms with Crippen LogP contribution >= 0.6 is 0 Å². The van der Waals surface area contributed by atoms with Crippen LogP contribution in [-0.4, -0.2) is 75.9 Å². The quantitative estimate of drug-likeness (QED) is 0.741. The van der Waals surface area contributed by atoms with Crippen LogP contribution in [0.1, 0.15) is 38.5 Å². The van der Waals surface area contributed by atoms with E-state index in [1.54, 1.807) is 0 Å². The topological polar surface area (TPSA) is 40.2 Å². The van der Waals surface area contributed by atoms with E-state index in [1.807, 2.05) is 0 Å². The highest BCUT2D eigenvalue weighted by molar-refractivity contribution is 4.93. The summed E-state index contributed by atoms with van der Waals surface area (Å²) >= 11 is 0. The summed E-state index contributed by atoms with van der Waals surface area (Å²) in [5, 5.41) is 0. The van der Waals surface area contributed by atoms with E-state index in [-0.39, 0.29) is 0 Å². The molecular weight excluding hydrogens is 306 g/mol. The highest BCUT2D eigenvalue weighted by atomic mass is 16.5. The van der Waals surface area contributed by atoms with E-state index in [0.29, 0.717) is 24.2 Å². The van der Waals surface area contributed by atoms with Crippen LogP contribution in [0.5, 0.6) is 0 Å². The molecule has 4 rings (SSSR count). The van der Waals surface area contributed by atoms with Crippen LogP contribution in [-0.2, 0) is 18.9 Å². The van der Waals surface area contributed by atoms with E-state index in [4.69, 9.17) is 18.9 Å². The molecule has 4 heterocycles. The fourth-order valence-electron chi connectivity index (χ4n) is 4.77. The van der Waals surface area contributed by atoms with Crippen LogP contribution in [0.25, 0.3) is 0 Å². The van der Waals surface area contributed by atoms with Crippen molar-refractivity contribution in [3.05, 3.63) is 0 Å². The van der Waals surface area contributed by atoms with Gasteiger partial charge in [-0.3, -0.25) is 4.90 Å². The summed E-state index contributed by atoms with van der Waals surface area (Å²) in [6.07, 6.45) is 7.87. The van der Waals surface area contributed by atoms with Gasteiger partial charge in [0.1, 0.15) is 0 Å². The van der Waals surface area contributed by atoms with E-state index in [1.165, 1.54) is 32.4 Å². The van der Waals surface area contributed by atoms with Gasteiger partial charge in [-0.25, -0.2) is 0 Å². The molecule has 4 atom stereocenters. The standard InChI is InChI=1S/C19H33NO4/c1-2-18-19(3-7-20(18)11-16-6-10-22-13-16)24-17(1)14-23-12-15-4-8-21-9-5-15/h15-19H,1-14H2/t16?,17-,18-,19-/m0/s1. The van der Waals surface area contributed by atoms with Crippen molar-refractivity contribution in [2.24, 2.45) is 11.8 Å². The molecule has 0 aromatic rings. The Balaban J connectivity index is 1.16. The van der Waals surface area contributed by atoms with Gasteiger partial charge in [0.05, 0.1) is 25.4 Å². The minimum Gasteiger partial charge on any atom is -0.381 e. The van der Waals surface area contributed by atoms with Crippen molar-refractivity contribution in [2.75, 3.05) is 52.7 Å². The lowest BCUT2D eigenvalue weighted by atomic mass is 9.98. The van der Waals surface area contributed by atoms with Crippen LogP contribution in [0.15, 0.2) is 0 Å². The van der Waals surface area contributed by atoms with Crippen LogP contribution in [0.2, 0.25) is 0 Å². The maximum absolute atomic E-state index is 6.37. The Morgan fingerprint density at radius 3 is 2.50 bits per heavy atom. The Morgan fingerprint density at radius 2 is 1.67 bits per heavy atom. The maximum Gasteiger partial charge on any atom is 0.0813 e. The molecule has 4 fully saturated rings. The number of likely N-dealkylation sites (tertiary alicyclic amines) is 1. The van der Waals surface area contributed by atoms with Crippen molar-refractivity contribution in [2.45, 2.75) is 56.8 Å². The SMILES string of the molecule is C1CC(COC[C@@H]2CC[C@H]3[C@H](CCN3CC3CCOC3)O2)CCO1. The number of fused-ring (bicyclic) bond motifs is 1. The van der Waals surface area contributed by atoms with Crippen molar-refractivity contribution in [1.29, 1.82) is 0 Å². The molecule has 5 nitrogen and oxygen atoms in total. The number of hydrogen-bond donors (Lipinski definition) is 0. The molecule has 0 aliphatic carbocycles. The summed E-state index contributed by atoms with van der Waals surface area (Å²) in [6.45, 7) is 7.77. The summed E-state index contributed by atoms with van der Waals surface area (Å²) in [4.78, 5) is 2.67. The molecule has 0 saturated carbocycles. The van der Waals surface area contributed by atoms with Crippen molar-refractivity contribution in [3.63, 3.8) is 0 Å². The molecule has 24 heavy (non-hydrogen) atoms. The van der Waals surface area contributed by atoms with Gasteiger partial charge in [-0.15, -0.1) is 0 Å². The van der Waals surface area contributed by atoms with Gasteiger partial charge in [0, 0.05) is 45.6 Å². The third-order valence-electron chi connectivity index (χ3n) is 6.27. The first-order valence-electron chi connectivity index (χ1n) is 10.0. The molecule has 138 valence electrons. The average molecular weight is 339 g/mol. The minimum absolute atomic E-state index is 0.306. The Hall–Kier alpha value is -0.200. The largest absolute Gasteiger partial charge is 0.381 e. The zero-order valence-corrected chi connectivity index (χ0v) is 14.9. The fourth-order valence-corrected chi connectivity index (χ4v) is 4.77. The molecule has 0 bridgehead atoms. The zero-order valence-electron chi connectivity index (χ0n) is 14.9. The summed E-state index contributed by atoms with van der Waals surface area (Å²) in [5.41, 5.74) is 0. The van der Waals surface area contributed by atoms with Crippen LogP contribution < -0.4 is 0 Å². The first-order valence-corrected chi connectivity index (χ1v) is 10.0. The normalized spacial score (nSPS) is 38.5. The predicted molar refractivity (Wildman–Crippen MR) is 91.2 cm³/mol. The fraction of sp³-hybridized carbons (Fsp3) is 1.00. The van der Waals surface area contributed by atoms with Crippen molar-refractivity contribution in [1.82, 2.24) is 4.90 Å². The predicted octanol–water partition coefficient (Wildman–Crippen LogP) is 2.09. The van der Waals surface area contributed by atoms with E-state index in [0.717, 1.165) is 64.8 Å². The van der Waals surface area contributed by atoms with Crippen molar-refractivity contribution in [3.8, 4) is 0 Å². The van der Waals surface area contributed by atoms with E-state index < -0.39 is 0 Å². The molecule has 4 saturated heterocycles. The molecule has 0 aromatic carbocycles. The summed E-state index contributed by atoms with van der Waals surface area (Å²) in [6, 6.07) is 0.636. The molecule has 0 amide bonds. The van der Waals surface area contributed by atoms with Gasteiger partial charge in [0.2, 0.25) is 0 Å². The molecule has 4 aliphatic heterocycles. The van der Waals surface area contributed by atoms with Gasteiger partial charge in [-0.2, -0.15) is 0 Å². The van der Waals surface area contributed by atoms with Gasteiger partial charge in [0.25, 0.3) is 0 Å². The average Bonchev–Trinajstić information content (AvgIpc) is 3.26. The highest BCUT2D eigenvalue weighted by Gasteiger charge is 2.40. The van der Waals surface area contributed by atoms with E-state index in [9.17, 15) is 0 Å². The molecule has 4 aliphatic rings. The Bertz CT molecular complexity index is 382. The third-order valence-corrected chi connectivity index (χ3v) is 6.27. The molecule has 5 heteroatoms. The van der Waals surface area contributed by atoms with Gasteiger partial charge >= 0.3 is 0 Å². The Morgan fingerprint density at radius 1 is 0.833 bits per heavy atom. The van der Waals surface area contributed by atoms with Gasteiger partial charge in [-0.1, -0.05) is 0 Å². The van der Waals surface area contributed by atoms with Gasteiger partial charge in [-0.05, 0) is 50.4 Å². The number of hydrogen-bond acceptors (Lipinski definition) is 5. The second-order valence-electron chi connectivity index (χ2n) is 8.05.